The van der Waals surface area contributed by atoms with Crippen LogP contribution in [0.5, 0.6) is 0 Å². The molecule has 0 saturated heterocycles. The highest BCUT2D eigenvalue weighted by molar-refractivity contribution is 5.99. The number of aromatic nitrogens is 1. The van der Waals surface area contributed by atoms with Gasteiger partial charge in [0.2, 0.25) is 0 Å². The van der Waals surface area contributed by atoms with Crippen molar-refractivity contribution in [3.63, 3.8) is 0 Å². The monoisotopic (exact) mass is 249 g/mol. The number of hydrazone groups is 1. The summed E-state index contributed by atoms with van der Waals surface area (Å²) in [5, 5.41) is 5.48. The third-order valence-corrected chi connectivity index (χ3v) is 3.00. The Labute approximate surface area is 112 Å². The van der Waals surface area contributed by atoms with Gasteiger partial charge in [0.15, 0.2) is 0 Å². The fourth-order valence-corrected chi connectivity index (χ4v) is 2.12. The van der Waals surface area contributed by atoms with E-state index in [2.05, 4.69) is 40.6 Å². The predicted octanol–water partition coefficient (Wildman–Crippen LogP) is 3.92. The molecule has 0 spiro atoms. The third kappa shape index (κ3) is 2.50. The van der Waals surface area contributed by atoms with Gasteiger partial charge in [-0.15, -0.1) is 0 Å². The van der Waals surface area contributed by atoms with Crippen LogP contribution in [0.15, 0.2) is 59.7 Å². The van der Waals surface area contributed by atoms with E-state index in [0.717, 1.165) is 22.5 Å². The minimum Gasteiger partial charge on any atom is -0.359 e. The van der Waals surface area contributed by atoms with Crippen LogP contribution < -0.4 is 5.43 Å². The Balaban J connectivity index is 1.85. The van der Waals surface area contributed by atoms with Gasteiger partial charge in [0, 0.05) is 22.2 Å². The van der Waals surface area contributed by atoms with Crippen molar-refractivity contribution in [1.29, 1.82) is 0 Å². The fraction of sp³-hybridized carbons (Fsp3) is 0.0625. The second-order valence-corrected chi connectivity index (χ2v) is 4.50. The molecule has 3 heteroatoms. The summed E-state index contributed by atoms with van der Waals surface area (Å²) in [6, 6.07) is 18.2. The largest absolute Gasteiger partial charge is 0.359 e. The number of hydrogen-bond donors (Lipinski definition) is 2. The lowest BCUT2D eigenvalue weighted by molar-refractivity contribution is 1.30. The van der Waals surface area contributed by atoms with Crippen LogP contribution in [-0.4, -0.2) is 11.2 Å². The Morgan fingerprint density at radius 2 is 1.89 bits per heavy atom. The van der Waals surface area contributed by atoms with Crippen molar-refractivity contribution in [1.82, 2.24) is 4.98 Å². The molecule has 0 fully saturated rings. The second kappa shape index (κ2) is 4.98. The first-order valence-corrected chi connectivity index (χ1v) is 6.25. The normalized spacial score (nSPS) is 11.2. The van der Waals surface area contributed by atoms with Gasteiger partial charge in [0.05, 0.1) is 11.9 Å². The lowest BCUT2D eigenvalue weighted by atomic mass is 10.1. The minimum absolute atomic E-state index is 0.983. The molecule has 2 N–H and O–H groups in total. The number of hydrogen-bond acceptors (Lipinski definition) is 2. The van der Waals surface area contributed by atoms with Crippen molar-refractivity contribution < 1.29 is 0 Å². The molecular weight excluding hydrogens is 234 g/mol. The molecule has 3 nitrogen and oxygen atoms in total. The van der Waals surface area contributed by atoms with Gasteiger partial charge in [-0.1, -0.05) is 30.3 Å². The van der Waals surface area contributed by atoms with Crippen LogP contribution in [0.1, 0.15) is 11.3 Å². The molecule has 0 bridgehead atoms. The van der Waals surface area contributed by atoms with E-state index in [1.807, 2.05) is 42.6 Å². The summed E-state index contributed by atoms with van der Waals surface area (Å²) in [6.45, 7) is 2.06. The van der Waals surface area contributed by atoms with Gasteiger partial charge in [-0.05, 0) is 31.2 Å². The molecule has 0 aliphatic heterocycles. The maximum absolute atomic E-state index is 4.28. The summed E-state index contributed by atoms with van der Waals surface area (Å²) in [5.41, 5.74) is 7.41. The number of benzene rings is 2. The highest BCUT2D eigenvalue weighted by Crippen LogP contribution is 2.18. The van der Waals surface area contributed by atoms with E-state index in [4.69, 9.17) is 0 Å². The summed E-state index contributed by atoms with van der Waals surface area (Å²) in [4.78, 5) is 3.32. The summed E-state index contributed by atoms with van der Waals surface area (Å²) in [5.74, 6) is 0. The first-order valence-electron chi connectivity index (χ1n) is 6.25. The number of nitrogens with one attached hydrogen (secondary N) is 2. The van der Waals surface area contributed by atoms with E-state index in [1.54, 1.807) is 0 Å². The van der Waals surface area contributed by atoms with Gasteiger partial charge >= 0.3 is 0 Å². The summed E-state index contributed by atoms with van der Waals surface area (Å²) < 4.78 is 0. The van der Waals surface area contributed by atoms with Crippen LogP contribution in [0.2, 0.25) is 0 Å². The van der Waals surface area contributed by atoms with Crippen molar-refractivity contribution in [2.75, 3.05) is 5.43 Å². The van der Waals surface area contributed by atoms with Crippen LogP contribution in [0.3, 0.4) is 0 Å². The number of H-pyrrole nitrogens is 1. The average Bonchev–Trinajstić information content (AvgIpc) is 2.81. The molecule has 0 saturated carbocycles. The highest BCUT2D eigenvalue weighted by Gasteiger charge is 2.00. The van der Waals surface area contributed by atoms with E-state index in [9.17, 15) is 0 Å². The van der Waals surface area contributed by atoms with Gasteiger partial charge in [-0.25, -0.2) is 0 Å². The maximum Gasteiger partial charge on any atom is 0.0561 e. The maximum atomic E-state index is 4.28. The SMILES string of the molecule is Cc1cc2c(C=NNc3ccccc3)cccc2[nH]1. The Morgan fingerprint density at radius 3 is 2.74 bits per heavy atom. The van der Waals surface area contributed by atoms with E-state index in [-0.39, 0.29) is 0 Å². The van der Waals surface area contributed by atoms with Crippen LogP contribution in [0.25, 0.3) is 10.9 Å². The summed E-state index contributed by atoms with van der Waals surface area (Å²) in [6.07, 6.45) is 1.85. The minimum atomic E-state index is 0.983. The molecule has 3 aromatic rings. The lowest BCUT2D eigenvalue weighted by Crippen LogP contribution is -1.90. The first kappa shape index (κ1) is 11.5. The number of rotatable bonds is 3. The number of nitrogens with zero attached hydrogens (tertiary/aromatic N) is 1. The molecule has 0 aliphatic rings. The summed E-state index contributed by atoms with van der Waals surface area (Å²) >= 11 is 0. The van der Waals surface area contributed by atoms with Crippen LogP contribution in [-0.2, 0) is 0 Å². The molecular formula is C16H15N3. The summed E-state index contributed by atoms with van der Waals surface area (Å²) in [7, 11) is 0. The smallest absolute Gasteiger partial charge is 0.0561 e. The molecule has 19 heavy (non-hydrogen) atoms. The van der Waals surface area contributed by atoms with Crippen molar-refractivity contribution in [3.8, 4) is 0 Å². The zero-order valence-corrected chi connectivity index (χ0v) is 10.7. The molecule has 0 radical (unpaired) electrons. The zero-order chi connectivity index (χ0) is 13.1. The van der Waals surface area contributed by atoms with Crippen LogP contribution in [0, 0.1) is 6.92 Å². The standard InChI is InChI=1S/C16H15N3/c1-12-10-15-13(6-5-9-16(15)18-12)11-17-19-14-7-3-2-4-8-14/h2-11,18-19H,1H3. The predicted molar refractivity (Wildman–Crippen MR) is 80.7 cm³/mol. The molecule has 1 heterocycles. The number of fused-ring (bicyclic) bond motifs is 1. The van der Waals surface area contributed by atoms with Gasteiger partial charge in [-0.2, -0.15) is 5.10 Å². The number of aromatic amines is 1. The van der Waals surface area contributed by atoms with E-state index < -0.39 is 0 Å². The molecule has 3 rings (SSSR count). The molecule has 0 aliphatic carbocycles. The first-order chi connectivity index (χ1) is 9.33. The highest BCUT2D eigenvalue weighted by atomic mass is 15.3. The Hall–Kier alpha value is -2.55. The molecule has 0 atom stereocenters. The topological polar surface area (TPSA) is 40.2 Å². The van der Waals surface area contributed by atoms with Gasteiger partial charge in [0.25, 0.3) is 0 Å². The number of para-hydroxylation sites is 1. The molecule has 2 aromatic carbocycles. The van der Waals surface area contributed by atoms with Gasteiger partial charge < -0.3 is 4.98 Å². The molecule has 0 unspecified atom stereocenters. The van der Waals surface area contributed by atoms with E-state index >= 15 is 0 Å². The van der Waals surface area contributed by atoms with Crippen LogP contribution in [0.4, 0.5) is 5.69 Å². The fourth-order valence-electron chi connectivity index (χ4n) is 2.12. The molecule has 0 amide bonds. The molecule has 94 valence electrons. The Kier molecular flexibility index (Phi) is 3.02. The van der Waals surface area contributed by atoms with Crippen molar-refractivity contribution in [2.45, 2.75) is 6.92 Å². The molecule has 1 aromatic heterocycles. The zero-order valence-electron chi connectivity index (χ0n) is 10.7. The third-order valence-electron chi connectivity index (χ3n) is 3.00. The van der Waals surface area contributed by atoms with Crippen molar-refractivity contribution in [2.24, 2.45) is 5.10 Å². The van der Waals surface area contributed by atoms with Crippen molar-refractivity contribution >= 4 is 22.8 Å². The number of aryl methyl sites for hydroxylation is 1. The average molecular weight is 249 g/mol. The second-order valence-electron chi connectivity index (χ2n) is 4.50. The Morgan fingerprint density at radius 1 is 1.05 bits per heavy atom. The quantitative estimate of drug-likeness (QED) is 0.536. The number of anilines is 1. The van der Waals surface area contributed by atoms with Gasteiger partial charge in [0.1, 0.15) is 0 Å². The van der Waals surface area contributed by atoms with Crippen LogP contribution >= 0.6 is 0 Å². The van der Waals surface area contributed by atoms with Gasteiger partial charge in [-0.3, -0.25) is 5.43 Å². The van der Waals surface area contributed by atoms with E-state index in [1.165, 1.54) is 5.39 Å². The van der Waals surface area contributed by atoms with Crippen molar-refractivity contribution in [3.05, 3.63) is 65.9 Å². The van der Waals surface area contributed by atoms with E-state index in [0.29, 0.717) is 0 Å². The Bertz CT molecular complexity index is 711. The lowest BCUT2D eigenvalue weighted by Gasteiger charge is -1.99.